The van der Waals surface area contributed by atoms with Gasteiger partial charge in [-0.3, -0.25) is 0 Å². The molecule has 2 N–H and O–H groups in total. The molecule has 2 heterocycles. The fourth-order valence-electron chi connectivity index (χ4n) is 4.21. The lowest BCUT2D eigenvalue weighted by Gasteiger charge is -2.39. The lowest BCUT2D eigenvalue weighted by Crippen LogP contribution is -2.44. The first-order valence-corrected chi connectivity index (χ1v) is 9.13. The maximum Gasteiger partial charge on any atom is 0.0546 e. The molecule has 0 amide bonds. The van der Waals surface area contributed by atoms with Crippen LogP contribution in [0.25, 0.3) is 0 Å². The summed E-state index contributed by atoms with van der Waals surface area (Å²) in [6.45, 7) is 9.97. The van der Waals surface area contributed by atoms with Crippen molar-refractivity contribution in [3.63, 3.8) is 0 Å². The molecule has 3 fully saturated rings. The number of hydrogen-bond acceptors (Lipinski definition) is 4. The SMILES string of the molecule is OC1CC(CN2CCC(CCCN3CCNCC3)CC2)C1. The fourth-order valence-corrected chi connectivity index (χ4v) is 4.21. The molecule has 1 aliphatic carbocycles. The minimum absolute atomic E-state index is 0.0116. The molecular weight excluding hydrogens is 262 g/mol. The molecular formula is C17H33N3O. The Labute approximate surface area is 129 Å². The highest BCUT2D eigenvalue weighted by Gasteiger charge is 2.30. The van der Waals surface area contributed by atoms with Crippen LogP contribution in [0.15, 0.2) is 0 Å². The van der Waals surface area contributed by atoms with Gasteiger partial charge in [0.25, 0.3) is 0 Å². The number of rotatable bonds is 6. The van der Waals surface area contributed by atoms with E-state index in [1.807, 2.05) is 0 Å². The molecule has 0 aromatic carbocycles. The second-order valence-corrected chi connectivity index (χ2v) is 7.47. The molecule has 1 saturated carbocycles. The summed E-state index contributed by atoms with van der Waals surface area (Å²) in [5.41, 5.74) is 0. The Hall–Kier alpha value is -0.160. The summed E-state index contributed by atoms with van der Waals surface area (Å²) in [5, 5.41) is 12.8. The van der Waals surface area contributed by atoms with Crippen LogP contribution >= 0.6 is 0 Å². The molecule has 4 heteroatoms. The van der Waals surface area contributed by atoms with E-state index in [0.717, 1.165) is 24.7 Å². The molecule has 0 atom stereocenters. The van der Waals surface area contributed by atoms with Crippen molar-refractivity contribution in [2.24, 2.45) is 11.8 Å². The smallest absolute Gasteiger partial charge is 0.0546 e. The van der Waals surface area contributed by atoms with Gasteiger partial charge in [-0.2, -0.15) is 0 Å². The second-order valence-electron chi connectivity index (χ2n) is 7.47. The van der Waals surface area contributed by atoms with Gasteiger partial charge >= 0.3 is 0 Å². The molecule has 0 aromatic heterocycles. The maximum atomic E-state index is 9.37. The van der Waals surface area contributed by atoms with Crippen LogP contribution in [0, 0.1) is 11.8 Å². The van der Waals surface area contributed by atoms with Crippen LogP contribution in [0.3, 0.4) is 0 Å². The molecule has 3 rings (SSSR count). The second kappa shape index (κ2) is 7.91. The Morgan fingerprint density at radius 2 is 1.62 bits per heavy atom. The van der Waals surface area contributed by atoms with Gasteiger partial charge in [-0.15, -0.1) is 0 Å². The summed E-state index contributed by atoms with van der Waals surface area (Å²) in [5.74, 6) is 1.75. The summed E-state index contributed by atoms with van der Waals surface area (Å²) in [6, 6.07) is 0. The highest BCUT2D eigenvalue weighted by molar-refractivity contribution is 4.83. The third kappa shape index (κ3) is 4.92. The number of nitrogens with one attached hydrogen (secondary N) is 1. The predicted molar refractivity (Wildman–Crippen MR) is 86.4 cm³/mol. The summed E-state index contributed by atoms with van der Waals surface area (Å²) in [7, 11) is 0. The number of piperazine rings is 1. The first-order chi connectivity index (χ1) is 10.3. The molecule has 4 nitrogen and oxygen atoms in total. The maximum absolute atomic E-state index is 9.37. The minimum atomic E-state index is 0.0116. The highest BCUT2D eigenvalue weighted by atomic mass is 16.3. The summed E-state index contributed by atoms with van der Waals surface area (Å²) >= 11 is 0. The number of likely N-dealkylation sites (tertiary alicyclic amines) is 1. The Morgan fingerprint density at radius 1 is 0.905 bits per heavy atom. The van der Waals surface area contributed by atoms with Crippen molar-refractivity contribution in [2.45, 2.75) is 44.6 Å². The van der Waals surface area contributed by atoms with Crippen molar-refractivity contribution in [3.8, 4) is 0 Å². The van der Waals surface area contributed by atoms with E-state index < -0.39 is 0 Å². The van der Waals surface area contributed by atoms with E-state index >= 15 is 0 Å². The van der Waals surface area contributed by atoms with Gasteiger partial charge in [0.15, 0.2) is 0 Å². The number of aliphatic hydroxyl groups excluding tert-OH is 1. The van der Waals surface area contributed by atoms with E-state index in [2.05, 4.69) is 15.1 Å². The number of nitrogens with zero attached hydrogens (tertiary/aromatic N) is 2. The molecule has 2 saturated heterocycles. The van der Waals surface area contributed by atoms with Gasteiger partial charge in [0, 0.05) is 32.7 Å². The first kappa shape index (κ1) is 15.7. The van der Waals surface area contributed by atoms with Gasteiger partial charge in [-0.1, -0.05) is 0 Å². The largest absolute Gasteiger partial charge is 0.393 e. The van der Waals surface area contributed by atoms with Crippen LogP contribution in [0.4, 0.5) is 0 Å². The Balaban J connectivity index is 1.24. The van der Waals surface area contributed by atoms with E-state index in [-0.39, 0.29) is 6.10 Å². The van der Waals surface area contributed by atoms with Gasteiger partial charge in [0.1, 0.15) is 0 Å². The van der Waals surface area contributed by atoms with Crippen LogP contribution in [0.5, 0.6) is 0 Å². The van der Waals surface area contributed by atoms with Crippen LogP contribution in [0.2, 0.25) is 0 Å². The zero-order chi connectivity index (χ0) is 14.5. The molecule has 0 spiro atoms. The Morgan fingerprint density at radius 3 is 2.29 bits per heavy atom. The van der Waals surface area contributed by atoms with Crippen molar-refractivity contribution in [1.29, 1.82) is 0 Å². The van der Waals surface area contributed by atoms with Crippen LogP contribution in [-0.2, 0) is 0 Å². The molecule has 0 unspecified atom stereocenters. The van der Waals surface area contributed by atoms with E-state index in [1.54, 1.807) is 0 Å². The average Bonchev–Trinajstić information content (AvgIpc) is 2.48. The van der Waals surface area contributed by atoms with Crippen LogP contribution in [-0.4, -0.2) is 73.4 Å². The lowest BCUT2D eigenvalue weighted by molar-refractivity contribution is 0.0181. The van der Waals surface area contributed by atoms with Crippen molar-refractivity contribution < 1.29 is 5.11 Å². The topological polar surface area (TPSA) is 38.7 Å². The van der Waals surface area contributed by atoms with Gasteiger partial charge in [-0.05, 0) is 70.0 Å². The quantitative estimate of drug-likeness (QED) is 0.771. The van der Waals surface area contributed by atoms with Crippen molar-refractivity contribution >= 4 is 0 Å². The molecule has 0 radical (unpaired) electrons. The number of piperidine rings is 1. The van der Waals surface area contributed by atoms with Gasteiger partial charge < -0.3 is 20.2 Å². The van der Waals surface area contributed by atoms with Crippen LogP contribution in [0.1, 0.15) is 38.5 Å². The number of aliphatic hydroxyl groups is 1. The normalized spacial score (nSPS) is 33.0. The average molecular weight is 295 g/mol. The molecule has 2 aliphatic heterocycles. The summed E-state index contributed by atoms with van der Waals surface area (Å²) < 4.78 is 0. The third-order valence-electron chi connectivity index (χ3n) is 5.73. The predicted octanol–water partition coefficient (Wildman–Crippen LogP) is 1.15. The highest BCUT2D eigenvalue weighted by Crippen LogP contribution is 2.30. The summed E-state index contributed by atoms with van der Waals surface area (Å²) in [6.07, 6.45) is 7.72. The summed E-state index contributed by atoms with van der Waals surface area (Å²) in [4.78, 5) is 5.26. The van der Waals surface area contributed by atoms with Crippen molar-refractivity contribution in [2.75, 3.05) is 52.4 Å². The molecule has 3 aliphatic rings. The van der Waals surface area contributed by atoms with E-state index in [1.165, 1.54) is 78.0 Å². The van der Waals surface area contributed by atoms with Gasteiger partial charge in [0.2, 0.25) is 0 Å². The van der Waals surface area contributed by atoms with E-state index in [9.17, 15) is 5.11 Å². The van der Waals surface area contributed by atoms with Gasteiger partial charge in [0.05, 0.1) is 6.10 Å². The van der Waals surface area contributed by atoms with Crippen molar-refractivity contribution in [3.05, 3.63) is 0 Å². The van der Waals surface area contributed by atoms with E-state index in [0.29, 0.717) is 0 Å². The standard InChI is InChI=1S/C17H33N3O/c21-17-12-16(13-17)14-20-8-3-15(4-9-20)2-1-7-19-10-5-18-6-11-19/h15-18,21H,1-14H2. The molecule has 0 bridgehead atoms. The monoisotopic (exact) mass is 295 g/mol. The third-order valence-corrected chi connectivity index (χ3v) is 5.73. The van der Waals surface area contributed by atoms with E-state index in [4.69, 9.17) is 0 Å². The minimum Gasteiger partial charge on any atom is -0.393 e. The molecule has 122 valence electrons. The zero-order valence-corrected chi connectivity index (χ0v) is 13.5. The van der Waals surface area contributed by atoms with Crippen LogP contribution < -0.4 is 5.32 Å². The zero-order valence-electron chi connectivity index (χ0n) is 13.5. The Kier molecular flexibility index (Phi) is 5.92. The molecule has 21 heavy (non-hydrogen) atoms. The Bertz CT molecular complexity index is 292. The van der Waals surface area contributed by atoms with Crippen molar-refractivity contribution in [1.82, 2.24) is 15.1 Å². The number of hydrogen-bond donors (Lipinski definition) is 2. The fraction of sp³-hybridized carbons (Fsp3) is 1.00. The van der Waals surface area contributed by atoms with Gasteiger partial charge in [-0.25, -0.2) is 0 Å². The lowest BCUT2D eigenvalue weighted by atomic mass is 9.81. The molecule has 0 aromatic rings. The first-order valence-electron chi connectivity index (χ1n) is 9.13.